The lowest BCUT2D eigenvalue weighted by molar-refractivity contribution is -0.384. The summed E-state index contributed by atoms with van der Waals surface area (Å²) in [7, 11) is -4.06. The topological polar surface area (TPSA) is 133 Å². The van der Waals surface area contributed by atoms with Gasteiger partial charge in [0.05, 0.1) is 21.8 Å². The van der Waals surface area contributed by atoms with Gasteiger partial charge in [-0.15, -0.1) is 0 Å². The molecular formula is C21H22ClN3O6S. The molecule has 0 radical (unpaired) electrons. The van der Waals surface area contributed by atoms with Crippen molar-refractivity contribution in [2.45, 2.75) is 43.6 Å². The standard InChI is InChI=1S/C21H22ClN3O6S/c1-12-9-18-19(13(2)20(12)22)17(26)11-21(31-18)5-7-24(8-6-21)15-4-3-14(32(23,29)30)10-16(15)25(27)28/h3-4,9-10H,5-8,11H2,1-2H3,(H2,23,29,30). The molecule has 0 amide bonds. The average molecular weight is 480 g/mol. The van der Waals surface area contributed by atoms with E-state index in [0.717, 1.165) is 11.6 Å². The zero-order valence-corrected chi connectivity index (χ0v) is 19.1. The fourth-order valence-corrected chi connectivity index (χ4v) is 5.21. The smallest absolute Gasteiger partial charge is 0.293 e. The van der Waals surface area contributed by atoms with Crippen molar-refractivity contribution in [3.05, 3.63) is 56.1 Å². The average Bonchev–Trinajstić information content (AvgIpc) is 2.71. The normalized spacial score (nSPS) is 17.8. The number of carbonyl (C=O) groups is 1. The van der Waals surface area contributed by atoms with E-state index in [1.54, 1.807) is 17.9 Å². The number of nitro benzene ring substituents is 1. The zero-order chi connectivity index (χ0) is 23.4. The summed E-state index contributed by atoms with van der Waals surface area (Å²) in [4.78, 5) is 25.4. The SMILES string of the molecule is Cc1cc2c(c(C)c1Cl)C(=O)CC1(CCN(c3ccc(S(N)(=O)=O)cc3[N+](=O)[O-])CC1)O2. The molecule has 11 heteroatoms. The molecule has 2 N–H and O–H groups in total. The highest BCUT2D eigenvalue weighted by Gasteiger charge is 2.44. The molecule has 9 nitrogen and oxygen atoms in total. The summed E-state index contributed by atoms with van der Waals surface area (Å²) in [5, 5.41) is 17.2. The Balaban J connectivity index is 1.60. The van der Waals surface area contributed by atoms with Crippen molar-refractivity contribution in [2.24, 2.45) is 5.14 Å². The number of nitro groups is 1. The molecule has 32 heavy (non-hydrogen) atoms. The molecule has 0 atom stereocenters. The molecular weight excluding hydrogens is 458 g/mol. The molecule has 0 aliphatic carbocycles. The first-order valence-corrected chi connectivity index (χ1v) is 11.9. The van der Waals surface area contributed by atoms with E-state index in [9.17, 15) is 23.3 Å². The third-order valence-corrected chi connectivity index (χ3v) is 7.71. The van der Waals surface area contributed by atoms with E-state index in [4.69, 9.17) is 21.5 Å². The summed E-state index contributed by atoms with van der Waals surface area (Å²) in [6.07, 6.45) is 1.17. The summed E-state index contributed by atoms with van der Waals surface area (Å²) < 4.78 is 29.5. The van der Waals surface area contributed by atoms with Gasteiger partial charge in [-0.05, 0) is 43.2 Å². The molecule has 2 aliphatic heterocycles. The van der Waals surface area contributed by atoms with Gasteiger partial charge in [-0.2, -0.15) is 0 Å². The molecule has 0 aromatic heterocycles. The molecule has 2 heterocycles. The number of halogens is 1. The largest absolute Gasteiger partial charge is 0.486 e. The highest BCUT2D eigenvalue weighted by molar-refractivity contribution is 7.89. The van der Waals surface area contributed by atoms with E-state index in [2.05, 4.69) is 0 Å². The molecule has 1 fully saturated rings. The lowest BCUT2D eigenvalue weighted by atomic mass is 9.81. The molecule has 2 aromatic rings. The highest BCUT2D eigenvalue weighted by atomic mass is 35.5. The predicted molar refractivity (Wildman–Crippen MR) is 119 cm³/mol. The van der Waals surface area contributed by atoms with Crippen LogP contribution in [0.3, 0.4) is 0 Å². The second kappa shape index (κ2) is 7.72. The van der Waals surface area contributed by atoms with Gasteiger partial charge in [0.1, 0.15) is 17.0 Å². The maximum absolute atomic E-state index is 13.0. The summed E-state index contributed by atoms with van der Waals surface area (Å²) in [5.74, 6) is 0.500. The molecule has 0 unspecified atom stereocenters. The molecule has 0 saturated carbocycles. The number of sulfonamides is 1. The van der Waals surface area contributed by atoms with Crippen LogP contribution >= 0.6 is 11.6 Å². The maximum atomic E-state index is 13.0. The molecule has 2 aromatic carbocycles. The summed E-state index contributed by atoms with van der Waals surface area (Å²) in [6.45, 7) is 4.48. The number of primary sulfonamides is 1. The van der Waals surface area contributed by atoms with Gasteiger partial charge in [0, 0.05) is 37.0 Å². The number of ether oxygens (including phenoxy) is 1. The third-order valence-electron chi connectivity index (χ3n) is 6.22. The number of rotatable bonds is 3. The summed E-state index contributed by atoms with van der Waals surface area (Å²) >= 11 is 6.31. The first-order chi connectivity index (χ1) is 14.9. The van der Waals surface area contributed by atoms with Crippen LogP contribution in [0, 0.1) is 24.0 Å². The van der Waals surface area contributed by atoms with Crippen LogP contribution in [0.25, 0.3) is 0 Å². The minimum atomic E-state index is -4.06. The Morgan fingerprint density at radius 3 is 2.47 bits per heavy atom. The Kier molecular flexibility index (Phi) is 5.43. The van der Waals surface area contributed by atoms with Crippen LogP contribution in [0.5, 0.6) is 5.75 Å². The van der Waals surface area contributed by atoms with E-state index in [0.29, 0.717) is 53.5 Å². The van der Waals surface area contributed by atoms with Gasteiger partial charge < -0.3 is 9.64 Å². The molecule has 0 bridgehead atoms. The second-order valence-corrected chi connectivity index (χ2v) is 10.3. The number of ketones is 1. The van der Waals surface area contributed by atoms with Crippen LogP contribution in [0.15, 0.2) is 29.2 Å². The van der Waals surface area contributed by atoms with Gasteiger partial charge in [-0.25, -0.2) is 13.6 Å². The Hall–Kier alpha value is -2.69. The van der Waals surface area contributed by atoms with Gasteiger partial charge in [0.15, 0.2) is 5.78 Å². The number of fused-ring (bicyclic) bond motifs is 1. The first-order valence-electron chi connectivity index (χ1n) is 10.00. The minimum absolute atomic E-state index is 0.0254. The Morgan fingerprint density at radius 2 is 1.88 bits per heavy atom. The third kappa shape index (κ3) is 3.82. The summed E-state index contributed by atoms with van der Waals surface area (Å²) in [5.41, 5.74) is 1.34. The Morgan fingerprint density at radius 1 is 1.22 bits per heavy atom. The van der Waals surface area contributed by atoms with Crippen LogP contribution in [0.4, 0.5) is 11.4 Å². The van der Waals surface area contributed by atoms with E-state index < -0.39 is 20.5 Å². The van der Waals surface area contributed by atoms with Crippen molar-refractivity contribution < 1.29 is 22.9 Å². The number of aryl methyl sites for hydroxylation is 1. The number of piperidine rings is 1. The lowest BCUT2D eigenvalue weighted by Crippen LogP contribution is -2.51. The van der Waals surface area contributed by atoms with E-state index in [1.807, 2.05) is 6.92 Å². The molecule has 4 rings (SSSR count). The maximum Gasteiger partial charge on any atom is 0.293 e. The van der Waals surface area contributed by atoms with Gasteiger partial charge in [0.2, 0.25) is 10.0 Å². The Bertz CT molecular complexity index is 1250. The van der Waals surface area contributed by atoms with Crippen LogP contribution in [0.2, 0.25) is 5.02 Å². The molecule has 1 spiro atoms. The number of Topliss-reactive ketones (excluding diaryl/α,β-unsaturated/α-hetero) is 1. The van der Waals surface area contributed by atoms with Crippen LogP contribution in [0.1, 0.15) is 40.7 Å². The van der Waals surface area contributed by atoms with Gasteiger partial charge in [0.25, 0.3) is 5.69 Å². The number of hydrogen-bond acceptors (Lipinski definition) is 7. The zero-order valence-electron chi connectivity index (χ0n) is 17.6. The van der Waals surface area contributed by atoms with E-state index in [-0.39, 0.29) is 22.8 Å². The predicted octanol–water partition coefficient (Wildman–Crippen LogP) is 3.52. The number of benzene rings is 2. The Labute approximate surface area is 190 Å². The fourth-order valence-electron chi connectivity index (χ4n) is 4.53. The van der Waals surface area contributed by atoms with Gasteiger partial charge in [-0.3, -0.25) is 14.9 Å². The molecule has 2 aliphatic rings. The quantitative estimate of drug-likeness (QED) is 0.525. The van der Waals surface area contributed by atoms with Crippen molar-refractivity contribution in [1.82, 2.24) is 0 Å². The lowest BCUT2D eigenvalue weighted by Gasteiger charge is -2.44. The number of carbonyl (C=O) groups excluding carboxylic acids is 1. The van der Waals surface area contributed by atoms with Crippen LogP contribution in [-0.4, -0.2) is 37.8 Å². The van der Waals surface area contributed by atoms with Gasteiger partial charge in [-0.1, -0.05) is 11.6 Å². The minimum Gasteiger partial charge on any atom is -0.486 e. The summed E-state index contributed by atoms with van der Waals surface area (Å²) in [6, 6.07) is 5.41. The fraction of sp³-hybridized carbons (Fsp3) is 0.381. The van der Waals surface area contributed by atoms with Crippen molar-refractivity contribution in [2.75, 3.05) is 18.0 Å². The van der Waals surface area contributed by atoms with Crippen molar-refractivity contribution in [3.63, 3.8) is 0 Å². The monoisotopic (exact) mass is 479 g/mol. The van der Waals surface area contributed by atoms with Crippen molar-refractivity contribution >= 4 is 38.8 Å². The van der Waals surface area contributed by atoms with Gasteiger partial charge >= 0.3 is 0 Å². The number of hydrogen-bond donors (Lipinski definition) is 1. The van der Waals surface area contributed by atoms with Crippen molar-refractivity contribution in [1.29, 1.82) is 0 Å². The van der Waals surface area contributed by atoms with Crippen LogP contribution in [-0.2, 0) is 10.0 Å². The molecule has 170 valence electrons. The van der Waals surface area contributed by atoms with E-state index >= 15 is 0 Å². The van der Waals surface area contributed by atoms with Crippen molar-refractivity contribution in [3.8, 4) is 5.75 Å². The number of nitrogens with two attached hydrogens (primary N) is 1. The number of anilines is 1. The van der Waals surface area contributed by atoms with E-state index in [1.165, 1.54) is 12.1 Å². The number of nitrogens with zero attached hydrogens (tertiary/aromatic N) is 2. The second-order valence-electron chi connectivity index (χ2n) is 8.33. The first kappa shape index (κ1) is 22.5. The highest BCUT2D eigenvalue weighted by Crippen LogP contribution is 2.44. The van der Waals surface area contributed by atoms with Crippen LogP contribution < -0.4 is 14.8 Å². The molecule has 1 saturated heterocycles.